The average molecular weight is 452 g/mol. The maximum absolute atomic E-state index is 5.26. The summed E-state index contributed by atoms with van der Waals surface area (Å²) in [5.74, 6) is 1.57. The lowest BCUT2D eigenvalue weighted by molar-refractivity contribution is 0.157. The molecule has 0 amide bonds. The molecule has 0 aromatic carbocycles. The first-order valence-electron chi connectivity index (χ1n) is 7.83. The minimum Gasteiger partial charge on any atom is -0.384 e. The van der Waals surface area contributed by atoms with E-state index in [-0.39, 0.29) is 29.4 Å². The maximum atomic E-state index is 5.26. The summed E-state index contributed by atoms with van der Waals surface area (Å²) in [5.41, 5.74) is 1.20. The fourth-order valence-corrected chi connectivity index (χ4v) is 3.54. The number of nitrogens with zero attached hydrogens (tertiary/aromatic N) is 3. The van der Waals surface area contributed by atoms with Gasteiger partial charge < -0.3 is 15.0 Å². The van der Waals surface area contributed by atoms with Crippen molar-refractivity contribution < 1.29 is 4.74 Å². The normalized spacial score (nSPS) is 18.9. The molecule has 1 aromatic rings. The molecule has 1 aromatic heterocycles. The molecule has 2 heterocycles. The third-order valence-corrected chi connectivity index (χ3v) is 5.14. The molecular weight excluding hydrogens is 423 g/mol. The van der Waals surface area contributed by atoms with Crippen LogP contribution in [0.3, 0.4) is 0 Å². The van der Waals surface area contributed by atoms with Gasteiger partial charge in [-0.25, -0.2) is 4.98 Å². The number of guanidine groups is 1. The van der Waals surface area contributed by atoms with E-state index in [0.29, 0.717) is 5.92 Å². The first kappa shape index (κ1) is 20.6. The first-order chi connectivity index (χ1) is 10.4. The van der Waals surface area contributed by atoms with Gasteiger partial charge in [-0.1, -0.05) is 20.8 Å². The third-order valence-electron chi connectivity index (χ3n) is 3.82. The summed E-state index contributed by atoms with van der Waals surface area (Å²) in [5, 5.41) is 6.75. The molecule has 1 saturated heterocycles. The predicted octanol–water partition coefficient (Wildman–Crippen LogP) is 3.10. The SMILES string of the molecule is CN=C(NCc1csc(C(C)(C)C)n1)N1CCC(COC)C1.I. The van der Waals surface area contributed by atoms with Crippen LogP contribution in [0.2, 0.25) is 0 Å². The van der Waals surface area contributed by atoms with Crippen molar-refractivity contribution in [1.82, 2.24) is 15.2 Å². The molecule has 2 rings (SSSR count). The quantitative estimate of drug-likeness (QED) is 0.434. The van der Waals surface area contributed by atoms with Gasteiger partial charge in [0.25, 0.3) is 0 Å². The number of hydrogen-bond acceptors (Lipinski definition) is 4. The molecule has 1 unspecified atom stereocenters. The molecule has 1 N–H and O–H groups in total. The van der Waals surface area contributed by atoms with Crippen LogP contribution in [0.4, 0.5) is 0 Å². The minimum atomic E-state index is 0. The highest BCUT2D eigenvalue weighted by Gasteiger charge is 2.25. The Hall–Kier alpha value is -0.410. The third kappa shape index (κ3) is 5.86. The molecule has 1 aliphatic rings. The van der Waals surface area contributed by atoms with E-state index < -0.39 is 0 Å². The summed E-state index contributed by atoms with van der Waals surface area (Å²) >= 11 is 1.73. The Morgan fingerprint density at radius 1 is 1.52 bits per heavy atom. The number of aromatic nitrogens is 1. The van der Waals surface area contributed by atoms with Crippen LogP contribution in [-0.2, 0) is 16.7 Å². The molecule has 0 saturated carbocycles. The van der Waals surface area contributed by atoms with Gasteiger partial charge in [0.2, 0.25) is 0 Å². The Morgan fingerprint density at radius 3 is 2.83 bits per heavy atom. The Kier molecular flexibility index (Phi) is 8.23. The monoisotopic (exact) mass is 452 g/mol. The van der Waals surface area contributed by atoms with Gasteiger partial charge in [0, 0.05) is 44.0 Å². The number of likely N-dealkylation sites (tertiary alicyclic amines) is 1. The van der Waals surface area contributed by atoms with E-state index in [1.54, 1.807) is 18.4 Å². The zero-order valence-corrected chi connectivity index (χ0v) is 17.9. The molecule has 1 aliphatic heterocycles. The predicted molar refractivity (Wildman–Crippen MR) is 108 cm³/mol. The van der Waals surface area contributed by atoms with E-state index in [1.807, 2.05) is 7.05 Å². The largest absolute Gasteiger partial charge is 0.384 e. The van der Waals surface area contributed by atoms with Crippen molar-refractivity contribution in [2.45, 2.75) is 39.2 Å². The van der Waals surface area contributed by atoms with Crippen molar-refractivity contribution in [3.05, 3.63) is 16.1 Å². The topological polar surface area (TPSA) is 49.8 Å². The number of halogens is 1. The number of aliphatic imine (C=N–C) groups is 1. The van der Waals surface area contributed by atoms with Crippen LogP contribution >= 0.6 is 35.3 Å². The van der Waals surface area contributed by atoms with Crippen molar-refractivity contribution >= 4 is 41.3 Å². The summed E-state index contributed by atoms with van der Waals surface area (Å²) in [7, 11) is 3.61. The average Bonchev–Trinajstić information content (AvgIpc) is 3.09. The van der Waals surface area contributed by atoms with E-state index >= 15 is 0 Å². The zero-order chi connectivity index (χ0) is 16.2. The van der Waals surface area contributed by atoms with Crippen LogP contribution in [-0.4, -0.2) is 49.7 Å². The number of nitrogens with one attached hydrogen (secondary N) is 1. The Bertz CT molecular complexity index is 512. The van der Waals surface area contributed by atoms with Crippen LogP contribution in [0.1, 0.15) is 37.9 Å². The van der Waals surface area contributed by atoms with Gasteiger partial charge in [0.15, 0.2) is 5.96 Å². The van der Waals surface area contributed by atoms with Crippen LogP contribution in [0.25, 0.3) is 0 Å². The Morgan fingerprint density at radius 2 is 2.26 bits per heavy atom. The van der Waals surface area contributed by atoms with Crippen molar-refractivity contribution in [3.63, 3.8) is 0 Å². The maximum Gasteiger partial charge on any atom is 0.193 e. The van der Waals surface area contributed by atoms with Crippen LogP contribution in [0, 0.1) is 5.92 Å². The molecule has 7 heteroatoms. The second-order valence-corrected chi connectivity index (χ2v) is 7.71. The number of thiazole rings is 1. The van der Waals surface area contributed by atoms with E-state index in [4.69, 9.17) is 9.72 Å². The lowest BCUT2D eigenvalue weighted by Gasteiger charge is -2.21. The van der Waals surface area contributed by atoms with Gasteiger partial charge >= 0.3 is 0 Å². The van der Waals surface area contributed by atoms with E-state index in [2.05, 4.69) is 41.4 Å². The molecular formula is C16H29IN4OS. The minimum absolute atomic E-state index is 0. The molecule has 1 atom stereocenters. The molecule has 0 spiro atoms. The molecule has 0 aliphatic carbocycles. The number of ether oxygens (including phenoxy) is 1. The molecule has 1 fully saturated rings. The number of methoxy groups -OCH3 is 1. The highest BCUT2D eigenvalue weighted by atomic mass is 127. The lowest BCUT2D eigenvalue weighted by Crippen LogP contribution is -2.39. The summed E-state index contributed by atoms with van der Waals surface area (Å²) in [6.07, 6.45) is 1.17. The van der Waals surface area contributed by atoms with Crippen molar-refractivity contribution in [2.75, 3.05) is 33.9 Å². The highest BCUT2D eigenvalue weighted by Crippen LogP contribution is 2.25. The van der Waals surface area contributed by atoms with E-state index in [0.717, 1.165) is 37.9 Å². The molecule has 0 bridgehead atoms. The second-order valence-electron chi connectivity index (χ2n) is 6.85. The standard InChI is InChI=1S/C16H28N4OS.HI/c1-16(2,3)14-19-13(11-22-14)8-18-15(17-4)20-7-6-12(9-20)10-21-5;/h11-12H,6-10H2,1-5H3,(H,17,18);1H. The van der Waals surface area contributed by atoms with Crippen molar-refractivity contribution in [1.29, 1.82) is 0 Å². The van der Waals surface area contributed by atoms with Gasteiger partial charge in [-0.15, -0.1) is 35.3 Å². The highest BCUT2D eigenvalue weighted by molar-refractivity contribution is 14.0. The van der Waals surface area contributed by atoms with Crippen LogP contribution in [0.5, 0.6) is 0 Å². The second kappa shape index (κ2) is 9.17. The number of hydrogen-bond donors (Lipinski definition) is 1. The fourth-order valence-electron chi connectivity index (χ4n) is 2.63. The van der Waals surface area contributed by atoms with E-state index in [9.17, 15) is 0 Å². The zero-order valence-electron chi connectivity index (χ0n) is 14.8. The first-order valence-corrected chi connectivity index (χ1v) is 8.71. The molecule has 23 heavy (non-hydrogen) atoms. The fraction of sp³-hybridized carbons (Fsp3) is 0.750. The molecule has 132 valence electrons. The van der Waals surface area contributed by atoms with Gasteiger partial charge in [0.05, 0.1) is 23.9 Å². The van der Waals surface area contributed by atoms with Gasteiger partial charge in [0.1, 0.15) is 0 Å². The van der Waals surface area contributed by atoms with Crippen molar-refractivity contribution in [3.8, 4) is 0 Å². The van der Waals surface area contributed by atoms with Gasteiger partial charge in [-0.3, -0.25) is 4.99 Å². The summed E-state index contributed by atoms with van der Waals surface area (Å²) in [4.78, 5) is 11.4. The van der Waals surface area contributed by atoms with Crippen LogP contribution < -0.4 is 5.32 Å². The molecule has 5 nitrogen and oxygen atoms in total. The molecule has 0 radical (unpaired) electrons. The lowest BCUT2D eigenvalue weighted by atomic mass is 9.98. The van der Waals surface area contributed by atoms with Gasteiger partial charge in [-0.2, -0.15) is 0 Å². The Labute approximate surface area is 160 Å². The van der Waals surface area contributed by atoms with Crippen LogP contribution in [0.15, 0.2) is 10.4 Å². The smallest absolute Gasteiger partial charge is 0.193 e. The summed E-state index contributed by atoms with van der Waals surface area (Å²) in [6.45, 7) is 10.2. The van der Waals surface area contributed by atoms with Crippen molar-refractivity contribution in [2.24, 2.45) is 10.9 Å². The summed E-state index contributed by atoms with van der Waals surface area (Å²) in [6, 6.07) is 0. The van der Waals surface area contributed by atoms with E-state index in [1.165, 1.54) is 11.4 Å². The van der Waals surface area contributed by atoms with Gasteiger partial charge in [-0.05, 0) is 6.42 Å². The Balaban J connectivity index is 0.00000264. The summed E-state index contributed by atoms with van der Waals surface area (Å²) < 4.78 is 5.26. The number of rotatable bonds is 4.